The van der Waals surface area contributed by atoms with Gasteiger partial charge in [-0.15, -0.1) is 0 Å². The first-order chi connectivity index (χ1) is 9.66. The van der Waals surface area contributed by atoms with Crippen molar-refractivity contribution in [2.24, 2.45) is 5.92 Å². The summed E-state index contributed by atoms with van der Waals surface area (Å²) in [5, 5.41) is 11.5. The third-order valence-electron chi connectivity index (χ3n) is 3.04. The molecule has 0 aliphatic heterocycles. The van der Waals surface area contributed by atoms with Crippen molar-refractivity contribution in [3.05, 3.63) is 29.6 Å². The molecule has 1 aromatic heterocycles. The number of amides is 1. The van der Waals surface area contributed by atoms with Gasteiger partial charge in [0.1, 0.15) is 5.69 Å². The highest BCUT2D eigenvalue weighted by molar-refractivity contribution is 5.96. The van der Waals surface area contributed by atoms with E-state index in [-0.39, 0.29) is 11.6 Å². The van der Waals surface area contributed by atoms with Crippen molar-refractivity contribution in [3.63, 3.8) is 0 Å². The average Bonchev–Trinajstić information content (AvgIpc) is 3.26. The van der Waals surface area contributed by atoms with Gasteiger partial charge in [0.2, 0.25) is 0 Å². The quantitative estimate of drug-likeness (QED) is 0.700. The highest BCUT2D eigenvalue weighted by Crippen LogP contribution is 2.28. The Morgan fingerprint density at radius 1 is 1.45 bits per heavy atom. The topological polar surface area (TPSA) is 88.5 Å². The molecule has 1 aliphatic rings. The highest BCUT2D eigenvalue weighted by atomic mass is 16.5. The molecule has 0 bridgehead atoms. The van der Waals surface area contributed by atoms with Gasteiger partial charge < -0.3 is 15.2 Å². The van der Waals surface area contributed by atoms with Crippen LogP contribution in [0.5, 0.6) is 0 Å². The summed E-state index contributed by atoms with van der Waals surface area (Å²) in [4.78, 5) is 26.2. The molecule has 0 spiro atoms. The third-order valence-corrected chi connectivity index (χ3v) is 3.04. The molecule has 108 valence electrons. The van der Waals surface area contributed by atoms with Crippen LogP contribution in [0.1, 0.15) is 40.1 Å². The van der Waals surface area contributed by atoms with E-state index < -0.39 is 5.97 Å². The minimum Gasteiger partial charge on any atom is -0.477 e. The van der Waals surface area contributed by atoms with Crippen LogP contribution in [0.2, 0.25) is 0 Å². The number of aromatic carboxylic acids is 1. The van der Waals surface area contributed by atoms with Gasteiger partial charge >= 0.3 is 5.97 Å². The average molecular weight is 278 g/mol. The molecule has 1 saturated carbocycles. The molecule has 1 amide bonds. The van der Waals surface area contributed by atoms with E-state index >= 15 is 0 Å². The number of carbonyl (C=O) groups excluding carboxylic acids is 1. The summed E-state index contributed by atoms with van der Waals surface area (Å²) in [6.45, 7) is 1.96. The molecule has 0 atom stereocenters. The van der Waals surface area contributed by atoms with E-state index in [0.29, 0.717) is 18.7 Å². The fourth-order valence-electron chi connectivity index (χ4n) is 1.70. The minimum atomic E-state index is -1.15. The standard InChI is InChI=1S/C14H18N2O4/c17-13(11-4-6-15-12(8-11)14(18)19)16-5-1-7-20-9-10-2-3-10/h4,6,8,10H,1-3,5,7,9H2,(H,16,17)(H,18,19). The first-order valence-electron chi connectivity index (χ1n) is 6.72. The highest BCUT2D eigenvalue weighted by Gasteiger charge is 2.20. The Morgan fingerprint density at radius 3 is 2.95 bits per heavy atom. The summed E-state index contributed by atoms with van der Waals surface area (Å²) < 4.78 is 5.46. The first-order valence-corrected chi connectivity index (χ1v) is 6.72. The van der Waals surface area contributed by atoms with Crippen LogP contribution in [-0.2, 0) is 4.74 Å². The Bertz CT molecular complexity index is 486. The SMILES string of the molecule is O=C(NCCCOCC1CC1)c1ccnc(C(=O)O)c1. The van der Waals surface area contributed by atoms with Crippen LogP contribution < -0.4 is 5.32 Å². The smallest absolute Gasteiger partial charge is 0.354 e. The molecule has 20 heavy (non-hydrogen) atoms. The maximum absolute atomic E-state index is 11.8. The van der Waals surface area contributed by atoms with Crippen molar-refractivity contribution in [1.82, 2.24) is 10.3 Å². The van der Waals surface area contributed by atoms with Gasteiger partial charge in [0.15, 0.2) is 0 Å². The number of carboxylic acids is 1. The van der Waals surface area contributed by atoms with E-state index in [2.05, 4.69) is 10.3 Å². The Labute approximate surface area is 117 Å². The fraction of sp³-hybridized carbons (Fsp3) is 0.500. The van der Waals surface area contributed by atoms with Gasteiger partial charge in [0.05, 0.1) is 0 Å². The van der Waals surface area contributed by atoms with E-state index in [1.54, 1.807) is 0 Å². The van der Waals surface area contributed by atoms with Crippen molar-refractivity contribution in [1.29, 1.82) is 0 Å². The zero-order valence-electron chi connectivity index (χ0n) is 11.2. The van der Waals surface area contributed by atoms with E-state index in [1.165, 1.54) is 31.2 Å². The summed E-state index contributed by atoms with van der Waals surface area (Å²) in [6, 6.07) is 2.76. The lowest BCUT2D eigenvalue weighted by Crippen LogP contribution is -2.25. The second-order valence-electron chi connectivity index (χ2n) is 4.86. The van der Waals surface area contributed by atoms with Gasteiger partial charge in [-0.3, -0.25) is 4.79 Å². The number of carbonyl (C=O) groups is 2. The van der Waals surface area contributed by atoms with Crippen LogP contribution in [0, 0.1) is 5.92 Å². The minimum absolute atomic E-state index is 0.134. The molecular weight excluding hydrogens is 260 g/mol. The van der Waals surface area contributed by atoms with E-state index in [1.807, 2.05) is 0 Å². The van der Waals surface area contributed by atoms with Gasteiger partial charge in [-0.1, -0.05) is 0 Å². The molecule has 6 heteroatoms. The second kappa shape index (κ2) is 7.00. The molecule has 2 rings (SSSR count). The number of ether oxygens (including phenoxy) is 1. The van der Waals surface area contributed by atoms with E-state index in [9.17, 15) is 9.59 Å². The van der Waals surface area contributed by atoms with Crippen molar-refractivity contribution in [3.8, 4) is 0 Å². The predicted octanol–water partition coefficient (Wildman–Crippen LogP) is 1.33. The Hall–Kier alpha value is -1.95. The largest absolute Gasteiger partial charge is 0.477 e. The number of hydrogen-bond acceptors (Lipinski definition) is 4. The van der Waals surface area contributed by atoms with Crippen molar-refractivity contribution in [2.45, 2.75) is 19.3 Å². The molecule has 0 unspecified atom stereocenters. The molecule has 0 aromatic carbocycles. The number of nitrogens with one attached hydrogen (secondary N) is 1. The second-order valence-corrected chi connectivity index (χ2v) is 4.86. The summed E-state index contributed by atoms with van der Waals surface area (Å²) in [5.74, 6) is -0.693. The van der Waals surface area contributed by atoms with Gasteiger partial charge in [0.25, 0.3) is 5.91 Å². The molecule has 1 fully saturated rings. The number of rotatable bonds is 8. The van der Waals surface area contributed by atoms with Gasteiger partial charge in [-0.25, -0.2) is 9.78 Å². The van der Waals surface area contributed by atoms with E-state index in [0.717, 1.165) is 18.9 Å². The summed E-state index contributed by atoms with van der Waals surface area (Å²) in [7, 11) is 0. The lowest BCUT2D eigenvalue weighted by Gasteiger charge is -2.06. The molecule has 6 nitrogen and oxygen atoms in total. The number of hydrogen-bond donors (Lipinski definition) is 2. The van der Waals surface area contributed by atoms with Crippen LogP contribution in [0.25, 0.3) is 0 Å². The van der Waals surface area contributed by atoms with Crippen LogP contribution in [-0.4, -0.2) is 41.7 Å². The van der Waals surface area contributed by atoms with Crippen LogP contribution in [0.3, 0.4) is 0 Å². The van der Waals surface area contributed by atoms with Crippen LogP contribution in [0.15, 0.2) is 18.3 Å². The molecule has 1 aromatic rings. The first kappa shape index (κ1) is 14.5. The molecular formula is C14H18N2O4. The summed E-state index contributed by atoms with van der Waals surface area (Å²) >= 11 is 0. The van der Waals surface area contributed by atoms with E-state index in [4.69, 9.17) is 9.84 Å². The summed E-state index contributed by atoms with van der Waals surface area (Å²) in [6.07, 6.45) is 4.60. The Balaban J connectivity index is 1.68. The maximum atomic E-state index is 11.8. The summed E-state index contributed by atoms with van der Waals surface area (Å²) in [5.41, 5.74) is 0.168. The molecule has 0 saturated heterocycles. The lowest BCUT2D eigenvalue weighted by atomic mass is 10.2. The predicted molar refractivity (Wildman–Crippen MR) is 71.7 cm³/mol. The van der Waals surface area contributed by atoms with Crippen molar-refractivity contribution >= 4 is 11.9 Å². The Morgan fingerprint density at radius 2 is 2.25 bits per heavy atom. The van der Waals surface area contributed by atoms with Crippen molar-refractivity contribution < 1.29 is 19.4 Å². The van der Waals surface area contributed by atoms with Gasteiger partial charge in [-0.05, 0) is 37.3 Å². The normalized spacial score (nSPS) is 14.0. The zero-order valence-corrected chi connectivity index (χ0v) is 11.2. The van der Waals surface area contributed by atoms with Crippen LogP contribution in [0.4, 0.5) is 0 Å². The molecule has 0 radical (unpaired) electrons. The molecule has 1 aliphatic carbocycles. The van der Waals surface area contributed by atoms with Crippen LogP contribution >= 0.6 is 0 Å². The monoisotopic (exact) mass is 278 g/mol. The number of pyridine rings is 1. The number of aromatic nitrogens is 1. The third kappa shape index (κ3) is 4.62. The maximum Gasteiger partial charge on any atom is 0.354 e. The number of carboxylic acid groups (broad SMARTS) is 1. The zero-order chi connectivity index (χ0) is 14.4. The van der Waals surface area contributed by atoms with Gasteiger partial charge in [0, 0.05) is 31.5 Å². The molecule has 2 N–H and O–H groups in total. The Kier molecular flexibility index (Phi) is 5.06. The number of nitrogens with zero attached hydrogens (tertiary/aromatic N) is 1. The fourth-order valence-corrected chi connectivity index (χ4v) is 1.70. The molecule has 1 heterocycles. The van der Waals surface area contributed by atoms with Crippen molar-refractivity contribution in [2.75, 3.05) is 19.8 Å². The lowest BCUT2D eigenvalue weighted by molar-refractivity contribution is 0.0690. The van der Waals surface area contributed by atoms with Gasteiger partial charge in [-0.2, -0.15) is 0 Å².